The van der Waals surface area contributed by atoms with Gasteiger partial charge in [0.05, 0.1) is 5.56 Å². The Morgan fingerprint density at radius 1 is 1.15 bits per heavy atom. The smallest absolute Gasteiger partial charge is 0.253 e. The molecule has 108 valence electrons. The predicted molar refractivity (Wildman–Crippen MR) is 68.8 cm³/mol. The Labute approximate surface area is 114 Å². The van der Waals surface area contributed by atoms with Crippen molar-refractivity contribution < 1.29 is 18.4 Å². The van der Waals surface area contributed by atoms with Gasteiger partial charge in [0, 0.05) is 30.8 Å². The summed E-state index contributed by atoms with van der Waals surface area (Å²) < 4.78 is 25.9. The Morgan fingerprint density at radius 3 is 2.40 bits per heavy atom. The van der Waals surface area contributed by atoms with Crippen LogP contribution in [0.5, 0.6) is 0 Å². The Balaban J connectivity index is 1.82. The largest absolute Gasteiger partial charge is 0.398 e. The zero-order valence-electron chi connectivity index (χ0n) is 10.7. The number of nitrogens with two attached hydrogens (primary N) is 1. The van der Waals surface area contributed by atoms with E-state index in [1.807, 2.05) is 0 Å². The van der Waals surface area contributed by atoms with Gasteiger partial charge in [-0.25, -0.2) is 8.78 Å². The highest BCUT2D eigenvalue weighted by Crippen LogP contribution is 2.28. The summed E-state index contributed by atoms with van der Waals surface area (Å²) in [5, 5.41) is 5.15. The molecule has 0 bridgehead atoms. The maximum Gasteiger partial charge on any atom is 0.253 e. The van der Waals surface area contributed by atoms with Gasteiger partial charge in [-0.2, -0.15) is 0 Å². The summed E-state index contributed by atoms with van der Waals surface area (Å²) in [6.45, 7) is 0.473. The minimum absolute atomic E-state index is 0.0217. The molecule has 7 heteroatoms. The van der Waals surface area contributed by atoms with Crippen molar-refractivity contribution in [3.05, 3.63) is 29.3 Å². The van der Waals surface area contributed by atoms with Crippen LogP contribution < -0.4 is 16.4 Å². The number of rotatable bonds is 5. The number of hydrogen-bond acceptors (Lipinski definition) is 3. The lowest BCUT2D eigenvalue weighted by atomic mass is 10.1. The standard InChI is InChI=1S/C13H15F2N3O2/c14-9-5-8(11(16)6-10(9)15)13(20)18-4-3-17-12(19)7-1-2-7/h5-7H,1-4,16H2,(H,17,19)(H,18,20). The van der Waals surface area contributed by atoms with Crippen molar-refractivity contribution >= 4 is 17.5 Å². The van der Waals surface area contributed by atoms with Crippen LogP contribution in [0.2, 0.25) is 0 Å². The number of benzene rings is 1. The summed E-state index contributed by atoms with van der Waals surface area (Å²) in [6.07, 6.45) is 1.81. The van der Waals surface area contributed by atoms with Crippen LogP contribution in [-0.2, 0) is 4.79 Å². The van der Waals surface area contributed by atoms with E-state index in [0.717, 1.165) is 25.0 Å². The number of halogens is 2. The summed E-state index contributed by atoms with van der Waals surface area (Å²) in [4.78, 5) is 23.0. The minimum Gasteiger partial charge on any atom is -0.398 e. The van der Waals surface area contributed by atoms with E-state index < -0.39 is 17.5 Å². The second-order valence-corrected chi connectivity index (χ2v) is 4.67. The molecule has 1 aliphatic carbocycles. The van der Waals surface area contributed by atoms with Crippen LogP contribution in [0, 0.1) is 17.6 Å². The van der Waals surface area contributed by atoms with Crippen LogP contribution >= 0.6 is 0 Å². The molecular weight excluding hydrogens is 268 g/mol. The summed E-state index contributed by atoms with van der Waals surface area (Å²) in [6, 6.07) is 1.52. The zero-order valence-corrected chi connectivity index (χ0v) is 10.7. The molecule has 1 aromatic carbocycles. The topological polar surface area (TPSA) is 84.2 Å². The fourth-order valence-electron chi connectivity index (χ4n) is 1.71. The maximum absolute atomic E-state index is 13.0. The fourth-order valence-corrected chi connectivity index (χ4v) is 1.71. The second-order valence-electron chi connectivity index (χ2n) is 4.67. The average Bonchev–Trinajstić information content (AvgIpc) is 3.22. The average molecular weight is 283 g/mol. The first-order valence-electron chi connectivity index (χ1n) is 6.29. The maximum atomic E-state index is 13.0. The molecule has 0 spiro atoms. The van der Waals surface area contributed by atoms with Crippen LogP contribution in [0.4, 0.5) is 14.5 Å². The van der Waals surface area contributed by atoms with Gasteiger partial charge < -0.3 is 16.4 Å². The van der Waals surface area contributed by atoms with Crippen molar-refractivity contribution in [2.45, 2.75) is 12.8 Å². The van der Waals surface area contributed by atoms with Crippen molar-refractivity contribution in [2.75, 3.05) is 18.8 Å². The minimum atomic E-state index is -1.13. The molecule has 5 nitrogen and oxygen atoms in total. The lowest BCUT2D eigenvalue weighted by Gasteiger charge is -2.09. The van der Waals surface area contributed by atoms with E-state index in [2.05, 4.69) is 10.6 Å². The van der Waals surface area contributed by atoms with Crippen LogP contribution in [0.15, 0.2) is 12.1 Å². The number of carbonyl (C=O) groups is 2. The molecule has 0 radical (unpaired) electrons. The summed E-state index contributed by atoms with van der Waals surface area (Å²) >= 11 is 0. The normalized spacial score (nSPS) is 13.9. The molecule has 0 atom stereocenters. The van der Waals surface area contributed by atoms with E-state index in [-0.39, 0.29) is 36.2 Å². The highest BCUT2D eigenvalue weighted by atomic mass is 19.2. The molecule has 0 unspecified atom stereocenters. The molecule has 2 amide bonds. The molecule has 1 fully saturated rings. The van der Waals surface area contributed by atoms with Gasteiger partial charge in [0.2, 0.25) is 5.91 Å². The van der Waals surface area contributed by atoms with E-state index in [1.165, 1.54) is 0 Å². The predicted octanol–water partition coefficient (Wildman–Crippen LogP) is 0.803. The Kier molecular flexibility index (Phi) is 4.16. The summed E-state index contributed by atoms with van der Waals surface area (Å²) in [5.41, 5.74) is 5.19. The lowest BCUT2D eigenvalue weighted by molar-refractivity contribution is -0.122. The molecule has 2 rings (SSSR count). The van der Waals surface area contributed by atoms with E-state index >= 15 is 0 Å². The molecule has 0 saturated heterocycles. The number of hydrogen-bond donors (Lipinski definition) is 3. The first-order valence-corrected chi connectivity index (χ1v) is 6.29. The third-order valence-electron chi connectivity index (χ3n) is 3.00. The third kappa shape index (κ3) is 3.43. The first-order chi connectivity index (χ1) is 9.49. The first kappa shape index (κ1) is 14.2. The molecule has 1 aliphatic rings. The quantitative estimate of drug-likeness (QED) is 0.552. The van der Waals surface area contributed by atoms with Crippen molar-refractivity contribution in [3.8, 4) is 0 Å². The molecule has 1 aromatic rings. The van der Waals surface area contributed by atoms with Crippen LogP contribution in [0.25, 0.3) is 0 Å². The number of carbonyl (C=O) groups excluding carboxylic acids is 2. The monoisotopic (exact) mass is 283 g/mol. The van der Waals surface area contributed by atoms with Gasteiger partial charge in [-0.15, -0.1) is 0 Å². The van der Waals surface area contributed by atoms with Crippen molar-refractivity contribution in [1.82, 2.24) is 10.6 Å². The van der Waals surface area contributed by atoms with E-state index in [0.29, 0.717) is 0 Å². The summed E-state index contributed by atoms with van der Waals surface area (Å²) in [5.74, 6) is -2.76. The van der Waals surface area contributed by atoms with Gasteiger partial charge >= 0.3 is 0 Å². The number of anilines is 1. The van der Waals surface area contributed by atoms with E-state index in [4.69, 9.17) is 5.73 Å². The van der Waals surface area contributed by atoms with Crippen molar-refractivity contribution in [3.63, 3.8) is 0 Å². The molecule has 4 N–H and O–H groups in total. The Morgan fingerprint density at radius 2 is 1.75 bits per heavy atom. The van der Waals surface area contributed by atoms with Crippen LogP contribution in [0.3, 0.4) is 0 Å². The van der Waals surface area contributed by atoms with Gasteiger partial charge in [0.25, 0.3) is 5.91 Å². The van der Waals surface area contributed by atoms with Crippen molar-refractivity contribution in [1.29, 1.82) is 0 Å². The van der Waals surface area contributed by atoms with E-state index in [1.54, 1.807) is 0 Å². The Bertz CT molecular complexity index is 545. The van der Waals surface area contributed by atoms with Gasteiger partial charge in [-0.3, -0.25) is 9.59 Å². The molecular formula is C13H15F2N3O2. The lowest BCUT2D eigenvalue weighted by Crippen LogP contribution is -2.35. The molecule has 0 heterocycles. The Hall–Kier alpha value is -2.18. The van der Waals surface area contributed by atoms with Crippen LogP contribution in [0.1, 0.15) is 23.2 Å². The highest BCUT2D eigenvalue weighted by molar-refractivity contribution is 5.99. The van der Waals surface area contributed by atoms with Gasteiger partial charge in [-0.05, 0) is 18.9 Å². The fraction of sp³-hybridized carbons (Fsp3) is 0.385. The number of amides is 2. The molecule has 0 aromatic heterocycles. The van der Waals surface area contributed by atoms with Gasteiger partial charge in [0.1, 0.15) is 0 Å². The third-order valence-corrected chi connectivity index (χ3v) is 3.00. The van der Waals surface area contributed by atoms with Gasteiger partial charge in [0.15, 0.2) is 11.6 Å². The second kappa shape index (κ2) is 5.85. The van der Waals surface area contributed by atoms with Crippen LogP contribution in [-0.4, -0.2) is 24.9 Å². The molecule has 20 heavy (non-hydrogen) atoms. The highest BCUT2D eigenvalue weighted by Gasteiger charge is 2.29. The van der Waals surface area contributed by atoms with Crippen molar-refractivity contribution in [2.24, 2.45) is 5.92 Å². The summed E-state index contributed by atoms with van der Waals surface area (Å²) in [7, 11) is 0. The number of nitrogens with one attached hydrogen (secondary N) is 2. The molecule has 1 saturated carbocycles. The SMILES string of the molecule is Nc1cc(F)c(F)cc1C(=O)NCCNC(=O)C1CC1. The zero-order chi connectivity index (χ0) is 14.7. The number of nitrogen functional groups attached to an aromatic ring is 1. The van der Waals surface area contributed by atoms with E-state index in [9.17, 15) is 18.4 Å². The van der Waals surface area contributed by atoms with Gasteiger partial charge in [-0.1, -0.05) is 0 Å². The molecule has 0 aliphatic heterocycles.